The van der Waals surface area contributed by atoms with Crippen molar-refractivity contribution >= 4 is 17.9 Å². The number of aldehydes is 1. The second kappa shape index (κ2) is 5.58. The Morgan fingerprint density at radius 1 is 1.00 bits per heavy atom. The average Bonchev–Trinajstić information content (AvgIpc) is 2.17. The van der Waals surface area contributed by atoms with Gasteiger partial charge in [-0.1, -0.05) is 32.1 Å². The summed E-state index contributed by atoms with van der Waals surface area (Å²) in [4.78, 5) is 10.7. The highest BCUT2D eigenvalue weighted by molar-refractivity contribution is 6.21. The van der Waals surface area contributed by atoms with E-state index >= 15 is 0 Å². The van der Waals surface area contributed by atoms with E-state index in [9.17, 15) is 4.79 Å². The number of carbonyl (C=O) groups is 1. The third-order valence-electron chi connectivity index (χ3n) is 2.66. The molecule has 70 valence electrons. The van der Waals surface area contributed by atoms with E-state index in [1.54, 1.807) is 0 Å². The van der Waals surface area contributed by atoms with Crippen molar-refractivity contribution in [3.8, 4) is 0 Å². The molecule has 1 aliphatic carbocycles. The van der Waals surface area contributed by atoms with E-state index in [1.165, 1.54) is 32.1 Å². The minimum Gasteiger partial charge on any atom is -0.303 e. The van der Waals surface area contributed by atoms with Crippen LogP contribution in [-0.4, -0.2) is 11.7 Å². The van der Waals surface area contributed by atoms with Crippen LogP contribution in [0.15, 0.2) is 0 Å². The van der Waals surface area contributed by atoms with E-state index in [4.69, 9.17) is 11.6 Å². The van der Waals surface area contributed by atoms with Crippen molar-refractivity contribution in [2.45, 2.75) is 50.3 Å². The van der Waals surface area contributed by atoms with Gasteiger partial charge >= 0.3 is 0 Å². The van der Waals surface area contributed by atoms with Crippen LogP contribution in [0.2, 0.25) is 0 Å². The molecule has 1 aliphatic rings. The van der Waals surface area contributed by atoms with Gasteiger partial charge in [-0.3, -0.25) is 0 Å². The SMILES string of the molecule is O=CC1CCCCCCCC1Cl. The quantitative estimate of drug-likeness (QED) is 0.457. The summed E-state index contributed by atoms with van der Waals surface area (Å²) >= 11 is 6.10. The molecule has 0 saturated heterocycles. The lowest BCUT2D eigenvalue weighted by Gasteiger charge is -2.14. The van der Waals surface area contributed by atoms with Crippen LogP contribution in [0, 0.1) is 5.92 Å². The molecule has 0 N–H and O–H groups in total. The van der Waals surface area contributed by atoms with Crippen LogP contribution < -0.4 is 0 Å². The summed E-state index contributed by atoms with van der Waals surface area (Å²) < 4.78 is 0. The molecule has 1 rings (SSSR count). The van der Waals surface area contributed by atoms with E-state index in [0.29, 0.717) is 0 Å². The lowest BCUT2D eigenvalue weighted by atomic mass is 9.98. The Bertz CT molecular complexity index is 136. The number of halogens is 1. The van der Waals surface area contributed by atoms with Gasteiger partial charge in [0.15, 0.2) is 0 Å². The molecule has 12 heavy (non-hydrogen) atoms. The van der Waals surface area contributed by atoms with Crippen LogP contribution in [0.5, 0.6) is 0 Å². The predicted octanol–water partition coefficient (Wildman–Crippen LogP) is 3.15. The van der Waals surface area contributed by atoms with Gasteiger partial charge in [-0.15, -0.1) is 11.6 Å². The van der Waals surface area contributed by atoms with Gasteiger partial charge in [0.1, 0.15) is 6.29 Å². The van der Waals surface area contributed by atoms with Crippen molar-refractivity contribution in [2.75, 3.05) is 0 Å². The minimum absolute atomic E-state index is 0.0978. The molecule has 0 radical (unpaired) electrons. The topological polar surface area (TPSA) is 17.1 Å². The molecular weight excluding hydrogens is 172 g/mol. The van der Waals surface area contributed by atoms with E-state index in [1.807, 2.05) is 0 Å². The smallest absolute Gasteiger partial charge is 0.124 e. The van der Waals surface area contributed by atoms with Crippen LogP contribution in [0.25, 0.3) is 0 Å². The molecule has 0 aromatic carbocycles. The maximum absolute atomic E-state index is 10.7. The molecule has 0 heterocycles. The number of hydrogen-bond acceptors (Lipinski definition) is 1. The van der Waals surface area contributed by atoms with Crippen LogP contribution in [0.1, 0.15) is 44.9 Å². The van der Waals surface area contributed by atoms with E-state index < -0.39 is 0 Å². The highest BCUT2D eigenvalue weighted by atomic mass is 35.5. The average molecular weight is 189 g/mol. The molecule has 1 nitrogen and oxygen atoms in total. The Kier molecular flexibility index (Phi) is 4.67. The maximum Gasteiger partial charge on any atom is 0.124 e. The number of alkyl halides is 1. The van der Waals surface area contributed by atoms with Crippen molar-refractivity contribution in [1.29, 1.82) is 0 Å². The Hall–Kier alpha value is -0.0400. The number of hydrogen-bond donors (Lipinski definition) is 0. The zero-order valence-corrected chi connectivity index (χ0v) is 8.22. The van der Waals surface area contributed by atoms with Crippen molar-refractivity contribution in [2.24, 2.45) is 5.92 Å². The van der Waals surface area contributed by atoms with Gasteiger partial charge in [0, 0.05) is 11.3 Å². The highest BCUT2D eigenvalue weighted by Gasteiger charge is 2.18. The minimum atomic E-state index is 0.0978. The summed E-state index contributed by atoms with van der Waals surface area (Å²) in [5, 5.41) is 0.0978. The van der Waals surface area contributed by atoms with Gasteiger partial charge in [0.2, 0.25) is 0 Å². The molecular formula is C10H17ClO. The second-order valence-electron chi connectivity index (χ2n) is 3.66. The lowest BCUT2D eigenvalue weighted by Crippen LogP contribution is -2.15. The third kappa shape index (κ3) is 3.14. The highest BCUT2D eigenvalue weighted by Crippen LogP contribution is 2.24. The van der Waals surface area contributed by atoms with Crippen molar-refractivity contribution in [3.05, 3.63) is 0 Å². The monoisotopic (exact) mass is 188 g/mol. The fourth-order valence-corrected chi connectivity index (χ4v) is 2.14. The fraction of sp³-hybridized carbons (Fsp3) is 0.900. The van der Waals surface area contributed by atoms with Crippen LogP contribution >= 0.6 is 11.6 Å². The lowest BCUT2D eigenvalue weighted by molar-refractivity contribution is -0.111. The Morgan fingerprint density at radius 2 is 1.58 bits per heavy atom. The van der Waals surface area contributed by atoms with Crippen molar-refractivity contribution in [3.63, 3.8) is 0 Å². The predicted molar refractivity (Wildman–Crippen MR) is 51.5 cm³/mol. The molecule has 0 aromatic heterocycles. The number of rotatable bonds is 1. The fourth-order valence-electron chi connectivity index (χ4n) is 1.80. The first-order valence-electron chi connectivity index (χ1n) is 4.94. The molecule has 0 aromatic rings. The molecule has 2 unspecified atom stereocenters. The first-order chi connectivity index (χ1) is 5.84. The zero-order chi connectivity index (χ0) is 8.81. The molecule has 2 atom stereocenters. The summed E-state index contributed by atoms with van der Waals surface area (Å²) in [5.74, 6) is 0.116. The van der Waals surface area contributed by atoms with Gasteiger partial charge < -0.3 is 4.79 Å². The molecule has 1 fully saturated rings. The Morgan fingerprint density at radius 3 is 2.25 bits per heavy atom. The maximum atomic E-state index is 10.7. The van der Waals surface area contributed by atoms with Gasteiger partial charge in [-0.2, -0.15) is 0 Å². The van der Waals surface area contributed by atoms with Crippen molar-refractivity contribution < 1.29 is 4.79 Å². The zero-order valence-electron chi connectivity index (χ0n) is 7.47. The summed E-state index contributed by atoms with van der Waals surface area (Å²) in [7, 11) is 0. The van der Waals surface area contributed by atoms with Gasteiger partial charge in [0.25, 0.3) is 0 Å². The largest absolute Gasteiger partial charge is 0.303 e. The van der Waals surface area contributed by atoms with E-state index in [0.717, 1.165) is 19.1 Å². The van der Waals surface area contributed by atoms with Crippen LogP contribution in [0.4, 0.5) is 0 Å². The second-order valence-corrected chi connectivity index (χ2v) is 4.22. The van der Waals surface area contributed by atoms with Crippen LogP contribution in [0.3, 0.4) is 0 Å². The van der Waals surface area contributed by atoms with E-state index in [-0.39, 0.29) is 11.3 Å². The molecule has 2 heteroatoms. The molecule has 0 amide bonds. The normalized spacial score (nSPS) is 33.1. The Labute approximate surface area is 79.5 Å². The molecule has 1 saturated carbocycles. The third-order valence-corrected chi connectivity index (χ3v) is 3.20. The van der Waals surface area contributed by atoms with Crippen LogP contribution in [-0.2, 0) is 4.79 Å². The van der Waals surface area contributed by atoms with Gasteiger partial charge in [-0.05, 0) is 12.8 Å². The summed E-state index contributed by atoms with van der Waals surface area (Å²) in [6.45, 7) is 0. The standard InChI is InChI=1S/C10H17ClO/c11-10-7-5-3-1-2-4-6-9(10)8-12/h8-10H,1-7H2. The summed E-state index contributed by atoms with van der Waals surface area (Å²) in [6, 6.07) is 0. The van der Waals surface area contributed by atoms with E-state index in [2.05, 4.69) is 0 Å². The first kappa shape index (κ1) is 10.0. The summed E-state index contributed by atoms with van der Waals surface area (Å²) in [5.41, 5.74) is 0. The molecule has 0 bridgehead atoms. The molecule has 0 aliphatic heterocycles. The van der Waals surface area contributed by atoms with Gasteiger partial charge in [0.05, 0.1) is 0 Å². The molecule has 0 spiro atoms. The first-order valence-corrected chi connectivity index (χ1v) is 5.37. The van der Waals surface area contributed by atoms with Gasteiger partial charge in [-0.25, -0.2) is 0 Å². The number of carbonyl (C=O) groups excluding carboxylic acids is 1. The van der Waals surface area contributed by atoms with Crippen molar-refractivity contribution in [1.82, 2.24) is 0 Å². The summed E-state index contributed by atoms with van der Waals surface area (Å²) in [6.07, 6.45) is 9.30. The Balaban J connectivity index is 2.40.